The van der Waals surface area contributed by atoms with Gasteiger partial charge in [0, 0.05) is 13.1 Å². The molecule has 1 atom stereocenters. The summed E-state index contributed by atoms with van der Waals surface area (Å²) in [5, 5.41) is 9.21. The SMILES string of the molecule is CCn1c(CN2CCC(Cc3ccc(F)cc3)C2)nc2cc(C(=O)O)ccc21. The fourth-order valence-corrected chi connectivity index (χ4v) is 4.16. The van der Waals surface area contributed by atoms with Gasteiger partial charge in [0.15, 0.2) is 0 Å². The summed E-state index contributed by atoms with van der Waals surface area (Å²) in [6.07, 6.45) is 2.08. The minimum atomic E-state index is -0.933. The zero-order valence-electron chi connectivity index (χ0n) is 15.9. The van der Waals surface area contributed by atoms with Gasteiger partial charge in [-0.05, 0) is 68.1 Å². The second-order valence-corrected chi connectivity index (χ2v) is 7.50. The topological polar surface area (TPSA) is 58.4 Å². The predicted molar refractivity (Wildman–Crippen MR) is 106 cm³/mol. The van der Waals surface area contributed by atoms with Crippen molar-refractivity contribution in [1.82, 2.24) is 14.5 Å². The molecule has 0 aliphatic carbocycles. The van der Waals surface area contributed by atoms with Gasteiger partial charge in [-0.15, -0.1) is 0 Å². The molecule has 1 aliphatic heterocycles. The Morgan fingerprint density at radius 2 is 2.04 bits per heavy atom. The van der Waals surface area contributed by atoms with E-state index in [2.05, 4.69) is 16.4 Å². The minimum absolute atomic E-state index is 0.193. The molecule has 1 unspecified atom stereocenters. The van der Waals surface area contributed by atoms with E-state index < -0.39 is 5.97 Å². The number of benzene rings is 2. The number of carboxylic acid groups (broad SMARTS) is 1. The lowest BCUT2D eigenvalue weighted by atomic mass is 9.99. The van der Waals surface area contributed by atoms with Crippen molar-refractivity contribution in [3.05, 3.63) is 65.2 Å². The number of likely N-dealkylation sites (tertiary alicyclic amines) is 1. The molecule has 1 fully saturated rings. The molecular formula is C22H24FN3O2. The second-order valence-electron chi connectivity index (χ2n) is 7.50. The van der Waals surface area contributed by atoms with E-state index in [0.717, 1.165) is 55.9 Å². The Morgan fingerprint density at radius 1 is 1.25 bits per heavy atom. The van der Waals surface area contributed by atoms with Crippen LogP contribution < -0.4 is 0 Å². The Hall–Kier alpha value is -2.73. The van der Waals surface area contributed by atoms with E-state index in [-0.39, 0.29) is 11.4 Å². The molecule has 4 rings (SSSR count). The molecule has 2 heterocycles. The van der Waals surface area contributed by atoms with Crippen LogP contribution in [0.15, 0.2) is 42.5 Å². The number of carboxylic acids is 1. The summed E-state index contributed by atoms with van der Waals surface area (Å²) in [5.41, 5.74) is 3.15. The molecule has 0 bridgehead atoms. The van der Waals surface area contributed by atoms with Gasteiger partial charge in [0.05, 0.1) is 23.1 Å². The smallest absolute Gasteiger partial charge is 0.335 e. The van der Waals surface area contributed by atoms with Gasteiger partial charge in [-0.1, -0.05) is 12.1 Å². The van der Waals surface area contributed by atoms with Gasteiger partial charge in [-0.3, -0.25) is 4.90 Å². The summed E-state index contributed by atoms with van der Waals surface area (Å²) in [7, 11) is 0. The maximum atomic E-state index is 13.1. The van der Waals surface area contributed by atoms with Gasteiger partial charge in [-0.2, -0.15) is 0 Å². The van der Waals surface area contributed by atoms with E-state index in [4.69, 9.17) is 4.98 Å². The third-order valence-corrected chi connectivity index (χ3v) is 5.56. The summed E-state index contributed by atoms with van der Waals surface area (Å²) < 4.78 is 15.2. The lowest BCUT2D eigenvalue weighted by Crippen LogP contribution is -2.23. The normalized spacial score (nSPS) is 17.4. The van der Waals surface area contributed by atoms with E-state index in [1.807, 2.05) is 18.2 Å². The van der Waals surface area contributed by atoms with Crippen molar-refractivity contribution in [2.75, 3.05) is 13.1 Å². The van der Waals surface area contributed by atoms with E-state index in [9.17, 15) is 14.3 Å². The molecule has 5 nitrogen and oxygen atoms in total. The van der Waals surface area contributed by atoms with Crippen LogP contribution in [0.4, 0.5) is 4.39 Å². The van der Waals surface area contributed by atoms with Gasteiger partial charge in [-0.25, -0.2) is 14.2 Å². The molecule has 28 heavy (non-hydrogen) atoms. The average molecular weight is 381 g/mol. The number of carbonyl (C=O) groups is 1. The number of halogens is 1. The van der Waals surface area contributed by atoms with E-state index in [1.54, 1.807) is 12.1 Å². The Morgan fingerprint density at radius 3 is 2.75 bits per heavy atom. The third-order valence-electron chi connectivity index (χ3n) is 5.56. The van der Waals surface area contributed by atoms with Crippen molar-refractivity contribution >= 4 is 17.0 Å². The van der Waals surface area contributed by atoms with Crippen molar-refractivity contribution in [1.29, 1.82) is 0 Å². The van der Waals surface area contributed by atoms with E-state index in [1.165, 1.54) is 17.7 Å². The predicted octanol–water partition coefficient (Wildman–Crippen LogP) is 3.96. The Kier molecular flexibility index (Phi) is 5.13. The maximum absolute atomic E-state index is 13.1. The Bertz CT molecular complexity index is 997. The van der Waals surface area contributed by atoms with Crippen LogP contribution in [0.25, 0.3) is 11.0 Å². The van der Waals surface area contributed by atoms with Crippen LogP contribution in [0.5, 0.6) is 0 Å². The average Bonchev–Trinajstić information content (AvgIpc) is 3.26. The maximum Gasteiger partial charge on any atom is 0.335 e. The Balaban J connectivity index is 1.47. The van der Waals surface area contributed by atoms with Gasteiger partial charge >= 0.3 is 5.97 Å². The molecule has 1 saturated heterocycles. The molecule has 0 radical (unpaired) electrons. The Labute approximate surface area is 163 Å². The summed E-state index contributed by atoms with van der Waals surface area (Å²) in [5.74, 6) is 0.407. The van der Waals surface area contributed by atoms with Gasteiger partial charge in [0.2, 0.25) is 0 Å². The molecule has 146 valence electrons. The van der Waals surface area contributed by atoms with Crippen LogP contribution in [0, 0.1) is 11.7 Å². The lowest BCUT2D eigenvalue weighted by molar-refractivity contribution is 0.0697. The first-order valence-corrected chi connectivity index (χ1v) is 9.72. The number of hydrogen-bond acceptors (Lipinski definition) is 3. The molecule has 6 heteroatoms. The highest BCUT2D eigenvalue weighted by Gasteiger charge is 2.24. The van der Waals surface area contributed by atoms with Crippen molar-refractivity contribution < 1.29 is 14.3 Å². The quantitative estimate of drug-likeness (QED) is 0.702. The van der Waals surface area contributed by atoms with Crippen molar-refractivity contribution in [2.24, 2.45) is 5.92 Å². The zero-order chi connectivity index (χ0) is 19.7. The number of hydrogen-bond donors (Lipinski definition) is 1. The fourth-order valence-electron chi connectivity index (χ4n) is 4.16. The van der Waals surface area contributed by atoms with E-state index in [0.29, 0.717) is 5.92 Å². The lowest BCUT2D eigenvalue weighted by Gasteiger charge is -2.16. The van der Waals surface area contributed by atoms with Crippen LogP contribution in [0.2, 0.25) is 0 Å². The van der Waals surface area contributed by atoms with Crippen LogP contribution in [-0.2, 0) is 19.5 Å². The molecule has 1 aliphatic rings. The molecule has 0 spiro atoms. The first kappa shape index (κ1) is 18.6. The van der Waals surface area contributed by atoms with Crippen LogP contribution in [-0.4, -0.2) is 38.6 Å². The summed E-state index contributed by atoms with van der Waals surface area (Å²) in [4.78, 5) is 18.4. The number of fused-ring (bicyclic) bond motifs is 1. The summed E-state index contributed by atoms with van der Waals surface area (Å²) in [6.45, 7) is 5.64. The van der Waals surface area contributed by atoms with Crippen molar-refractivity contribution in [3.63, 3.8) is 0 Å². The molecule has 0 saturated carbocycles. The first-order valence-electron chi connectivity index (χ1n) is 9.72. The summed E-state index contributed by atoms with van der Waals surface area (Å²) >= 11 is 0. The molecule has 0 amide bonds. The van der Waals surface area contributed by atoms with Gasteiger partial charge in [0.1, 0.15) is 11.6 Å². The van der Waals surface area contributed by atoms with Crippen LogP contribution in [0.1, 0.15) is 35.1 Å². The van der Waals surface area contributed by atoms with Crippen LogP contribution >= 0.6 is 0 Å². The number of aromatic nitrogens is 2. The summed E-state index contributed by atoms with van der Waals surface area (Å²) in [6, 6.07) is 11.9. The second kappa shape index (κ2) is 7.72. The highest BCUT2D eigenvalue weighted by Crippen LogP contribution is 2.24. The molecule has 2 aromatic carbocycles. The zero-order valence-corrected chi connectivity index (χ0v) is 15.9. The van der Waals surface area contributed by atoms with Crippen molar-refractivity contribution in [2.45, 2.75) is 32.9 Å². The molecular weight excluding hydrogens is 357 g/mol. The third kappa shape index (κ3) is 3.78. The number of imidazole rings is 1. The van der Waals surface area contributed by atoms with Crippen molar-refractivity contribution in [3.8, 4) is 0 Å². The number of aromatic carboxylic acids is 1. The van der Waals surface area contributed by atoms with Gasteiger partial charge in [0.25, 0.3) is 0 Å². The first-order chi connectivity index (χ1) is 13.5. The monoisotopic (exact) mass is 381 g/mol. The molecule has 3 aromatic rings. The molecule has 1 aromatic heterocycles. The number of nitrogens with zero attached hydrogens (tertiary/aromatic N) is 3. The highest BCUT2D eigenvalue weighted by molar-refractivity contribution is 5.92. The molecule has 1 N–H and O–H groups in total. The number of rotatable bonds is 6. The fraction of sp³-hybridized carbons (Fsp3) is 0.364. The number of aryl methyl sites for hydroxylation is 1. The van der Waals surface area contributed by atoms with Gasteiger partial charge < -0.3 is 9.67 Å². The highest BCUT2D eigenvalue weighted by atomic mass is 19.1. The largest absolute Gasteiger partial charge is 0.478 e. The standard InChI is InChI=1S/C22H24FN3O2/c1-2-26-20-8-5-17(22(27)28)12-19(20)24-21(26)14-25-10-9-16(13-25)11-15-3-6-18(23)7-4-15/h3-8,12,16H,2,9-11,13-14H2,1H3,(H,27,28). The minimum Gasteiger partial charge on any atom is -0.478 e. The van der Waals surface area contributed by atoms with Crippen LogP contribution in [0.3, 0.4) is 0 Å². The van der Waals surface area contributed by atoms with E-state index >= 15 is 0 Å².